The molecule has 11 nitrogen and oxygen atoms in total. The van der Waals surface area contributed by atoms with Crippen molar-refractivity contribution in [1.29, 1.82) is 0 Å². The highest BCUT2D eigenvalue weighted by molar-refractivity contribution is 5.92. The molecular weight excluding hydrogens is 406 g/mol. The maximum absolute atomic E-state index is 12.2. The van der Waals surface area contributed by atoms with Crippen LogP contribution in [0.4, 0.5) is 0 Å². The van der Waals surface area contributed by atoms with Crippen molar-refractivity contribution in [3.63, 3.8) is 0 Å². The first kappa shape index (κ1) is 23.8. The predicted octanol–water partition coefficient (Wildman–Crippen LogP) is -1.39. The van der Waals surface area contributed by atoms with Gasteiger partial charge in [0.15, 0.2) is 0 Å². The van der Waals surface area contributed by atoms with Gasteiger partial charge in [-0.3, -0.25) is 14.4 Å². The van der Waals surface area contributed by atoms with Crippen molar-refractivity contribution in [2.45, 2.75) is 44.5 Å². The maximum atomic E-state index is 12.2. The molecule has 4 unspecified atom stereocenters. The van der Waals surface area contributed by atoms with Crippen LogP contribution in [-0.4, -0.2) is 69.7 Å². The van der Waals surface area contributed by atoms with Gasteiger partial charge in [-0.25, -0.2) is 4.79 Å². The second kappa shape index (κ2) is 10.5. The molecule has 0 saturated heterocycles. The molecule has 0 aliphatic carbocycles. The zero-order chi connectivity index (χ0) is 23.1. The van der Waals surface area contributed by atoms with E-state index in [1.165, 1.54) is 13.8 Å². The Morgan fingerprint density at radius 1 is 1.10 bits per heavy atom. The van der Waals surface area contributed by atoms with Crippen LogP contribution in [0.2, 0.25) is 0 Å². The van der Waals surface area contributed by atoms with Gasteiger partial charge in [0.25, 0.3) is 0 Å². The van der Waals surface area contributed by atoms with Crippen molar-refractivity contribution in [3.8, 4) is 0 Å². The van der Waals surface area contributed by atoms with Gasteiger partial charge in [-0.2, -0.15) is 0 Å². The molecule has 1 heterocycles. The number of carboxylic acids is 1. The summed E-state index contributed by atoms with van der Waals surface area (Å²) in [7, 11) is 0. The topological polar surface area (TPSA) is 187 Å². The fourth-order valence-electron chi connectivity index (χ4n) is 2.88. The van der Waals surface area contributed by atoms with Crippen molar-refractivity contribution < 1.29 is 29.4 Å². The fraction of sp³-hybridized carbons (Fsp3) is 0.400. The molecular formula is C20H27N5O6. The van der Waals surface area contributed by atoms with E-state index in [-0.39, 0.29) is 6.42 Å². The van der Waals surface area contributed by atoms with Crippen molar-refractivity contribution >= 4 is 34.6 Å². The smallest absolute Gasteiger partial charge is 0.326 e. The third kappa shape index (κ3) is 6.52. The number of hydrogen-bond acceptors (Lipinski definition) is 6. The summed E-state index contributed by atoms with van der Waals surface area (Å²) in [5, 5.41) is 26.7. The van der Waals surface area contributed by atoms with Gasteiger partial charge in [0.05, 0.1) is 12.6 Å². The molecule has 0 radical (unpaired) electrons. The summed E-state index contributed by atoms with van der Waals surface area (Å²) in [4.78, 5) is 50.6. The van der Waals surface area contributed by atoms with Gasteiger partial charge in [0.2, 0.25) is 17.7 Å². The molecule has 1 aromatic heterocycles. The molecule has 0 aliphatic heterocycles. The lowest BCUT2D eigenvalue weighted by Gasteiger charge is -2.19. The van der Waals surface area contributed by atoms with Gasteiger partial charge in [0, 0.05) is 23.5 Å². The van der Waals surface area contributed by atoms with Crippen LogP contribution < -0.4 is 21.7 Å². The van der Waals surface area contributed by atoms with Gasteiger partial charge in [0.1, 0.15) is 18.1 Å². The van der Waals surface area contributed by atoms with Crippen LogP contribution in [-0.2, 0) is 25.6 Å². The maximum Gasteiger partial charge on any atom is 0.326 e. The zero-order valence-electron chi connectivity index (χ0n) is 17.2. The summed E-state index contributed by atoms with van der Waals surface area (Å²) in [6.45, 7) is 2.25. The molecule has 0 spiro atoms. The molecule has 1 aromatic carbocycles. The number of nitrogens with two attached hydrogens (primary N) is 1. The van der Waals surface area contributed by atoms with E-state index in [1.807, 2.05) is 24.3 Å². The number of carboxylic acid groups (broad SMARTS) is 1. The molecule has 31 heavy (non-hydrogen) atoms. The van der Waals surface area contributed by atoms with E-state index in [9.17, 15) is 29.4 Å². The Hall–Kier alpha value is -3.44. The SMILES string of the molecule is CC(NC(=O)C(N)C(C)O)C(=O)NCC(=O)NC(Cc1c[nH]c2ccccc12)C(=O)O. The second-order valence-electron chi connectivity index (χ2n) is 7.24. The second-order valence-corrected chi connectivity index (χ2v) is 7.24. The minimum Gasteiger partial charge on any atom is -0.480 e. The molecule has 0 aliphatic rings. The number of nitrogens with one attached hydrogen (secondary N) is 4. The van der Waals surface area contributed by atoms with E-state index in [0.717, 1.165) is 16.5 Å². The number of aromatic amines is 1. The number of aromatic nitrogens is 1. The van der Waals surface area contributed by atoms with Gasteiger partial charge < -0.3 is 36.9 Å². The number of aliphatic hydroxyl groups is 1. The molecule has 2 rings (SSSR count). The van der Waals surface area contributed by atoms with Crippen molar-refractivity contribution in [2.24, 2.45) is 5.73 Å². The number of aliphatic carboxylic acids is 1. The molecule has 168 valence electrons. The van der Waals surface area contributed by atoms with Crippen LogP contribution in [0.3, 0.4) is 0 Å². The Kier molecular flexibility index (Phi) is 8.11. The number of hydrogen-bond donors (Lipinski definition) is 7. The third-order valence-electron chi connectivity index (χ3n) is 4.73. The monoisotopic (exact) mass is 433 g/mol. The number of para-hydroxylation sites is 1. The minimum absolute atomic E-state index is 0.0583. The lowest BCUT2D eigenvalue weighted by Crippen LogP contribution is -2.54. The van der Waals surface area contributed by atoms with Gasteiger partial charge in [-0.05, 0) is 25.5 Å². The van der Waals surface area contributed by atoms with E-state index in [4.69, 9.17) is 5.73 Å². The number of carbonyl (C=O) groups is 4. The Balaban J connectivity index is 1.88. The van der Waals surface area contributed by atoms with Gasteiger partial charge in [-0.1, -0.05) is 18.2 Å². The van der Waals surface area contributed by atoms with Crippen molar-refractivity contribution in [1.82, 2.24) is 20.9 Å². The Morgan fingerprint density at radius 2 is 1.77 bits per heavy atom. The minimum atomic E-state index is -1.21. The fourth-order valence-corrected chi connectivity index (χ4v) is 2.88. The lowest BCUT2D eigenvalue weighted by atomic mass is 10.0. The van der Waals surface area contributed by atoms with E-state index in [0.29, 0.717) is 0 Å². The van der Waals surface area contributed by atoms with E-state index in [1.54, 1.807) is 6.20 Å². The predicted molar refractivity (Wildman–Crippen MR) is 112 cm³/mol. The largest absolute Gasteiger partial charge is 0.480 e. The van der Waals surface area contributed by atoms with Crippen molar-refractivity contribution in [3.05, 3.63) is 36.0 Å². The number of aliphatic hydroxyl groups excluding tert-OH is 1. The molecule has 11 heteroatoms. The van der Waals surface area contributed by atoms with Gasteiger partial charge >= 0.3 is 5.97 Å². The first-order valence-electron chi connectivity index (χ1n) is 9.69. The summed E-state index contributed by atoms with van der Waals surface area (Å²) in [6, 6.07) is 3.99. The van der Waals surface area contributed by atoms with Crippen LogP contribution in [0.15, 0.2) is 30.5 Å². The quantitative estimate of drug-likeness (QED) is 0.240. The summed E-state index contributed by atoms with van der Waals surface area (Å²) in [5.74, 6) is -3.28. The molecule has 4 atom stereocenters. The molecule has 0 saturated carbocycles. The Labute approximate surface area is 178 Å². The average molecular weight is 433 g/mol. The molecule has 3 amide bonds. The zero-order valence-corrected chi connectivity index (χ0v) is 17.2. The molecule has 8 N–H and O–H groups in total. The van der Waals surface area contributed by atoms with Crippen LogP contribution >= 0.6 is 0 Å². The summed E-state index contributed by atoms with van der Waals surface area (Å²) in [6.07, 6.45) is 0.658. The highest BCUT2D eigenvalue weighted by Crippen LogP contribution is 2.19. The highest BCUT2D eigenvalue weighted by atomic mass is 16.4. The average Bonchev–Trinajstić information content (AvgIpc) is 3.13. The van der Waals surface area contributed by atoms with E-state index >= 15 is 0 Å². The first-order valence-corrected chi connectivity index (χ1v) is 9.69. The van der Waals surface area contributed by atoms with Crippen LogP contribution in [0.5, 0.6) is 0 Å². The summed E-state index contributed by atoms with van der Waals surface area (Å²) in [5.41, 5.74) is 7.08. The van der Waals surface area contributed by atoms with Crippen LogP contribution in [0.1, 0.15) is 19.4 Å². The Morgan fingerprint density at radius 3 is 2.42 bits per heavy atom. The van der Waals surface area contributed by atoms with Crippen molar-refractivity contribution in [2.75, 3.05) is 6.54 Å². The number of benzene rings is 1. The standard InChI is InChI=1S/C20H27N5O6/c1-10(24-19(29)17(21)11(2)26)18(28)23-9-16(27)25-15(20(30)31)7-12-8-22-14-6-4-3-5-13(12)14/h3-6,8,10-11,15,17,22,26H,7,9,21H2,1-2H3,(H,23,28)(H,24,29)(H,25,27)(H,30,31). The first-order chi connectivity index (χ1) is 14.6. The number of carbonyl (C=O) groups excluding carboxylic acids is 3. The number of fused-ring (bicyclic) bond motifs is 1. The number of amides is 3. The Bertz CT molecular complexity index is 956. The molecule has 0 fully saturated rings. The molecule has 0 bridgehead atoms. The van der Waals surface area contributed by atoms with E-state index < -0.39 is 54.5 Å². The van der Waals surface area contributed by atoms with Crippen LogP contribution in [0, 0.1) is 0 Å². The molecule has 2 aromatic rings. The summed E-state index contributed by atoms with van der Waals surface area (Å²) < 4.78 is 0. The van der Waals surface area contributed by atoms with Crippen LogP contribution in [0.25, 0.3) is 10.9 Å². The number of H-pyrrole nitrogens is 1. The van der Waals surface area contributed by atoms with Gasteiger partial charge in [-0.15, -0.1) is 0 Å². The highest BCUT2D eigenvalue weighted by Gasteiger charge is 2.25. The normalized spacial score (nSPS) is 14.8. The third-order valence-corrected chi connectivity index (χ3v) is 4.73. The lowest BCUT2D eigenvalue weighted by molar-refractivity contribution is -0.141. The van der Waals surface area contributed by atoms with E-state index in [2.05, 4.69) is 20.9 Å². The number of rotatable bonds is 10. The summed E-state index contributed by atoms with van der Waals surface area (Å²) >= 11 is 0.